The first kappa shape index (κ1) is 22.0. The van der Waals surface area contributed by atoms with Gasteiger partial charge in [0.15, 0.2) is 5.78 Å². The number of nitriles is 1. The van der Waals surface area contributed by atoms with Crippen molar-refractivity contribution in [3.8, 4) is 6.26 Å². The van der Waals surface area contributed by atoms with Gasteiger partial charge in [0.1, 0.15) is 6.17 Å². The lowest BCUT2D eigenvalue weighted by molar-refractivity contribution is -0.116. The predicted molar refractivity (Wildman–Crippen MR) is 116 cm³/mol. The molecule has 164 valence electrons. The third-order valence-corrected chi connectivity index (χ3v) is 13.1. The van der Waals surface area contributed by atoms with E-state index in [1.165, 1.54) is 5.57 Å². The van der Waals surface area contributed by atoms with Crippen molar-refractivity contribution >= 4 is 25.7 Å². The van der Waals surface area contributed by atoms with Crippen molar-refractivity contribution in [3.05, 3.63) is 23.3 Å². The first-order valence-corrected chi connectivity index (χ1v) is 14.4. The van der Waals surface area contributed by atoms with Gasteiger partial charge in [-0.05, 0) is 68.7 Å². The molecule has 0 aromatic rings. The highest BCUT2D eigenvalue weighted by Gasteiger charge is 2.67. The molecule has 7 atom stereocenters. The molecule has 1 N–H and O–H groups in total. The summed E-state index contributed by atoms with van der Waals surface area (Å²) in [5, 5.41) is 20.3. The summed E-state index contributed by atoms with van der Waals surface area (Å²) in [5.74, 6) is 0.174. The Balaban J connectivity index is 1.74. The SMILES string of the molecule is C[C@]12CCC(=O)C=C1[C@@H](F)CC1C2=CC[C@@]2(C)C1CC[C@]2(O)[C@H](Cl)[Si](C)(C)OC#N. The molecule has 0 amide bonds. The fraction of sp³-hybridized carbons (Fsp3) is 0.739. The Kier molecular flexibility index (Phi) is 5.08. The fourth-order valence-corrected chi connectivity index (χ4v) is 9.52. The summed E-state index contributed by atoms with van der Waals surface area (Å²) in [4.78, 5) is 12.0. The van der Waals surface area contributed by atoms with Gasteiger partial charge in [0, 0.05) is 17.3 Å². The van der Waals surface area contributed by atoms with E-state index in [9.17, 15) is 9.90 Å². The van der Waals surface area contributed by atoms with Gasteiger partial charge in [-0.1, -0.05) is 25.5 Å². The highest BCUT2D eigenvalue weighted by Crippen LogP contribution is 2.67. The van der Waals surface area contributed by atoms with Gasteiger partial charge < -0.3 is 9.53 Å². The second-order valence-corrected chi connectivity index (χ2v) is 15.5. The zero-order valence-corrected chi connectivity index (χ0v) is 19.9. The second-order valence-electron chi connectivity index (χ2n) is 10.7. The van der Waals surface area contributed by atoms with Crippen molar-refractivity contribution < 1.29 is 18.7 Å². The predicted octanol–water partition coefficient (Wildman–Crippen LogP) is 4.97. The molecule has 2 fully saturated rings. The minimum absolute atomic E-state index is 0.0229. The summed E-state index contributed by atoms with van der Waals surface area (Å²) in [6.07, 6.45) is 7.83. The molecule has 0 aromatic carbocycles. The van der Waals surface area contributed by atoms with Crippen LogP contribution >= 0.6 is 11.6 Å². The summed E-state index contributed by atoms with van der Waals surface area (Å²) in [6, 6.07) is 0. The van der Waals surface area contributed by atoms with Crippen LogP contribution in [-0.4, -0.2) is 36.0 Å². The van der Waals surface area contributed by atoms with Crippen LogP contribution in [0.15, 0.2) is 23.3 Å². The quantitative estimate of drug-likeness (QED) is 0.284. The van der Waals surface area contributed by atoms with Crippen molar-refractivity contribution in [2.75, 3.05) is 0 Å². The van der Waals surface area contributed by atoms with Crippen molar-refractivity contribution in [1.29, 1.82) is 5.26 Å². The third-order valence-electron chi connectivity index (χ3n) is 8.87. The van der Waals surface area contributed by atoms with E-state index in [0.29, 0.717) is 37.7 Å². The highest BCUT2D eigenvalue weighted by molar-refractivity contribution is 6.80. The van der Waals surface area contributed by atoms with Crippen LogP contribution in [0.2, 0.25) is 13.1 Å². The number of aliphatic hydroxyl groups is 1. The van der Waals surface area contributed by atoms with Crippen LogP contribution < -0.4 is 0 Å². The van der Waals surface area contributed by atoms with Crippen molar-refractivity contribution in [2.24, 2.45) is 22.7 Å². The maximum Gasteiger partial charge on any atom is 0.282 e. The molecular weight excluding hydrogens is 421 g/mol. The van der Waals surface area contributed by atoms with Crippen LogP contribution in [-0.2, 0) is 9.22 Å². The monoisotopic (exact) mass is 451 g/mol. The van der Waals surface area contributed by atoms with E-state index in [-0.39, 0.29) is 17.6 Å². The smallest absolute Gasteiger partial charge is 0.282 e. The molecule has 4 aliphatic rings. The van der Waals surface area contributed by atoms with Crippen molar-refractivity contribution in [2.45, 2.75) is 82.2 Å². The van der Waals surface area contributed by atoms with Gasteiger partial charge in [-0.25, -0.2) is 4.39 Å². The zero-order chi connectivity index (χ0) is 22.1. The van der Waals surface area contributed by atoms with E-state index >= 15 is 4.39 Å². The molecule has 0 radical (unpaired) electrons. The lowest BCUT2D eigenvalue weighted by atomic mass is 9.50. The Morgan fingerprint density at radius 3 is 2.73 bits per heavy atom. The molecule has 30 heavy (non-hydrogen) atoms. The lowest BCUT2D eigenvalue weighted by Gasteiger charge is -2.56. The number of rotatable bonds is 3. The molecule has 0 bridgehead atoms. The van der Waals surface area contributed by atoms with E-state index in [2.05, 4.69) is 19.9 Å². The number of carbonyl (C=O) groups is 1. The van der Waals surface area contributed by atoms with Gasteiger partial charge in [-0.2, -0.15) is 5.26 Å². The van der Waals surface area contributed by atoms with Crippen LogP contribution in [0.4, 0.5) is 4.39 Å². The normalized spacial score (nSPS) is 44.1. The molecule has 0 heterocycles. The number of hydrogen-bond acceptors (Lipinski definition) is 4. The van der Waals surface area contributed by atoms with Gasteiger partial charge >= 0.3 is 0 Å². The van der Waals surface area contributed by atoms with E-state index < -0.39 is 35.9 Å². The Morgan fingerprint density at radius 2 is 2.07 bits per heavy atom. The van der Waals surface area contributed by atoms with Crippen LogP contribution in [0, 0.1) is 34.2 Å². The van der Waals surface area contributed by atoms with E-state index in [1.807, 2.05) is 13.1 Å². The minimum atomic E-state index is -2.66. The largest absolute Gasteiger partial charge is 0.481 e. The first-order chi connectivity index (χ1) is 13.9. The lowest BCUT2D eigenvalue weighted by Crippen LogP contribution is -2.62. The summed E-state index contributed by atoms with van der Waals surface area (Å²) in [7, 11) is -2.66. The average Bonchev–Trinajstić information content (AvgIpc) is 2.95. The second kappa shape index (κ2) is 6.92. The van der Waals surface area contributed by atoms with Crippen LogP contribution in [0.3, 0.4) is 0 Å². The number of fused-ring (bicyclic) bond motifs is 5. The van der Waals surface area contributed by atoms with Gasteiger partial charge in [-0.3, -0.25) is 4.79 Å². The van der Waals surface area contributed by atoms with Crippen LogP contribution in [0.5, 0.6) is 0 Å². The standard InChI is InChI=1S/C23H31ClFNO3Si/c1-21-8-5-14(27)11-18(21)19(25)12-15-16(21)6-9-22(2)17(15)7-10-23(22,28)20(24)30(3,4)29-13-26/h6,11,15,17,19-20,28H,5,7-10,12H2,1-4H3/t15?,17?,19-,20+,21+,22-,23-/m0/s1. The number of allylic oxidation sites excluding steroid dienone is 4. The Hall–Kier alpha value is -1.16. The summed E-state index contributed by atoms with van der Waals surface area (Å²) >= 11 is 6.86. The van der Waals surface area contributed by atoms with E-state index in [0.717, 1.165) is 6.42 Å². The minimum Gasteiger partial charge on any atom is -0.481 e. The number of carbonyl (C=O) groups excluding carboxylic acids is 1. The molecule has 2 saturated carbocycles. The number of alkyl halides is 2. The Morgan fingerprint density at radius 1 is 1.37 bits per heavy atom. The van der Waals surface area contributed by atoms with Crippen molar-refractivity contribution in [3.63, 3.8) is 0 Å². The van der Waals surface area contributed by atoms with Gasteiger partial charge in [0.05, 0.1) is 10.6 Å². The zero-order valence-electron chi connectivity index (χ0n) is 18.2. The highest BCUT2D eigenvalue weighted by atomic mass is 35.5. The molecule has 4 aliphatic carbocycles. The maximum atomic E-state index is 15.3. The fourth-order valence-electron chi connectivity index (χ4n) is 7.07. The molecule has 4 nitrogen and oxygen atoms in total. The molecule has 0 aliphatic heterocycles. The molecule has 0 saturated heterocycles. The molecule has 0 spiro atoms. The molecule has 7 heteroatoms. The number of hydrogen-bond donors (Lipinski definition) is 1. The molecule has 2 unspecified atom stereocenters. The average molecular weight is 452 g/mol. The van der Waals surface area contributed by atoms with Crippen molar-refractivity contribution in [1.82, 2.24) is 0 Å². The summed E-state index contributed by atoms with van der Waals surface area (Å²) in [5.41, 5.74) is -0.184. The molecule has 4 rings (SSSR count). The number of halogens is 2. The topological polar surface area (TPSA) is 70.3 Å². The van der Waals surface area contributed by atoms with E-state index in [4.69, 9.17) is 21.3 Å². The van der Waals surface area contributed by atoms with Gasteiger partial charge in [-0.15, -0.1) is 11.6 Å². The molecular formula is C23H31ClFNO3Si. The van der Waals surface area contributed by atoms with Crippen LogP contribution in [0.1, 0.15) is 52.4 Å². The first-order valence-electron chi connectivity index (χ1n) is 10.9. The summed E-state index contributed by atoms with van der Waals surface area (Å²) < 4.78 is 20.7. The summed E-state index contributed by atoms with van der Waals surface area (Å²) in [6.45, 7) is 7.89. The van der Waals surface area contributed by atoms with Gasteiger partial charge in [0.2, 0.25) is 0 Å². The Bertz CT molecular complexity index is 882. The Labute approximate surface area is 184 Å². The maximum absolute atomic E-state index is 15.3. The number of ketones is 1. The molecule has 0 aromatic heterocycles. The third kappa shape index (κ3) is 2.81. The van der Waals surface area contributed by atoms with Gasteiger partial charge in [0.25, 0.3) is 14.6 Å². The van der Waals surface area contributed by atoms with E-state index in [1.54, 1.807) is 12.3 Å². The van der Waals surface area contributed by atoms with Crippen LogP contribution in [0.25, 0.3) is 0 Å². The number of nitrogens with zero attached hydrogens (tertiary/aromatic N) is 1.